The van der Waals surface area contributed by atoms with E-state index in [-0.39, 0.29) is 6.04 Å². The number of nitrogens with zero attached hydrogens (tertiary/aromatic N) is 2. The molecule has 2 aliphatic heterocycles. The summed E-state index contributed by atoms with van der Waals surface area (Å²) < 4.78 is 33.4. The zero-order chi connectivity index (χ0) is 15.9. The van der Waals surface area contributed by atoms with Gasteiger partial charge in [0.2, 0.25) is 10.0 Å². The van der Waals surface area contributed by atoms with Crippen molar-refractivity contribution < 1.29 is 13.2 Å². The van der Waals surface area contributed by atoms with E-state index in [1.54, 1.807) is 10.4 Å². The van der Waals surface area contributed by atoms with Gasteiger partial charge in [-0.25, -0.2) is 8.42 Å². The summed E-state index contributed by atoms with van der Waals surface area (Å²) >= 11 is 0. The number of anilines is 1. The second-order valence-corrected chi connectivity index (χ2v) is 8.17. The standard InChI is InChI=1S/C16H24N2O3S/c1-12-10-14-15(21-9-8-17(14)3)11-16(12)22(19,20)18-7-5-4-6-13(18)2/h10-11,13H,4-9H2,1-3H3/t13-/m1/s1. The molecule has 0 aliphatic carbocycles. The van der Waals surface area contributed by atoms with Gasteiger partial charge in [0.15, 0.2) is 0 Å². The fourth-order valence-electron chi connectivity index (χ4n) is 3.31. The Morgan fingerprint density at radius 1 is 1.23 bits per heavy atom. The molecule has 0 amide bonds. The third kappa shape index (κ3) is 2.58. The molecule has 1 atom stereocenters. The van der Waals surface area contributed by atoms with Crippen LogP contribution in [0.1, 0.15) is 31.7 Å². The number of likely N-dealkylation sites (N-methyl/N-ethyl adjacent to an activating group) is 1. The zero-order valence-corrected chi connectivity index (χ0v) is 14.3. The van der Waals surface area contributed by atoms with E-state index in [0.29, 0.717) is 23.8 Å². The molecule has 0 bridgehead atoms. The molecule has 1 aromatic carbocycles. The first-order chi connectivity index (χ1) is 10.4. The Kier molecular flexibility index (Phi) is 4.07. The predicted molar refractivity (Wildman–Crippen MR) is 87.1 cm³/mol. The minimum absolute atomic E-state index is 0.0674. The number of ether oxygens (including phenoxy) is 1. The van der Waals surface area contributed by atoms with Crippen LogP contribution in [-0.4, -0.2) is 45.5 Å². The quantitative estimate of drug-likeness (QED) is 0.838. The monoisotopic (exact) mass is 324 g/mol. The van der Waals surface area contributed by atoms with Gasteiger partial charge in [-0.3, -0.25) is 0 Å². The van der Waals surface area contributed by atoms with Gasteiger partial charge >= 0.3 is 0 Å². The predicted octanol–water partition coefficient (Wildman–Crippen LogP) is 2.39. The van der Waals surface area contributed by atoms with Crippen molar-refractivity contribution >= 4 is 15.7 Å². The lowest BCUT2D eigenvalue weighted by atomic mass is 10.1. The van der Waals surface area contributed by atoms with Gasteiger partial charge in [-0.2, -0.15) is 4.31 Å². The lowest BCUT2D eigenvalue weighted by Gasteiger charge is -2.34. The Morgan fingerprint density at radius 3 is 2.73 bits per heavy atom. The molecule has 5 nitrogen and oxygen atoms in total. The van der Waals surface area contributed by atoms with Crippen LogP contribution in [-0.2, 0) is 10.0 Å². The normalized spacial score (nSPS) is 23.0. The highest BCUT2D eigenvalue weighted by Crippen LogP contribution is 2.37. The van der Waals surface area contributed by atoms with E-state index in [9.17, 15) is 8.42 Å². The Labute approximate surface area is 132 Å². The summed E-state index contributed by atoms with van der Waals surface area (Å²) in [6.07, 6.45) is 2.97. The zero-order valence-electron chi connectivity index (χ0n) is 13.5. The SMILES string of the molecule is Cc1cc2c(cc1S(=O)(=O)N1CCCC[C@H]1C)OCCN2C. The van der Waals surface area contributed by atoms with Gasteiger partial charge < -0.3 is 9.64 Å². The van der Waals surface area contributed by atoms with Gasteiger partial charge in [0.25, 0.3) is 0 Å². The molecule has 0 saturated carbocycles. The largest absolute Gasteiger partial charge is 0.490 e. The number of benzene rings is 1. The van der Waals surface area contributed by atoms with Crippen molar-refractivity contribution in [1.29, 1.82) is 0 Å². The Hall–Kier alpha value is -1.27. The van der Waals surface area contributed by atoms with Crippen LogP contribution in [0.3, 0.4) is 0 Å². The van der Waals surface area contributed by atoms with Crippen LogP contribution < -0.4 is 9.64 Å². The van der Waals surface area contributed by atoms with Crippen molar-refractivity contribution in [3.63, 3.8) is 0 Å². The van der Waals surface area contributed by atoms with Gasteiger partial charge in [-0.05, 0) is 38.3 Å². The molecule has 2 aliphatic rings. The highest BCUT2D eigenvalue weighted by atomic mass is 32.2. The molecule has 122 valence electrons. The average Bonchev–Trinajstić information content (AvgIpc) is 2.48. The Bertz CT molecular complexity index is 672. The number of rotatable bonds is 2. The molecule has 22 heavy (non-hydrogen) atoms. The summed E-state index contributed by atoms with van der Waals surface area (Å²) in [7, 11) is -1.46. The van der Waals surface area contributed by atoms with Crippen LogP contribution in [0.2, 0.25) is 0 Å². The number of piperidine rings is 1. The number of sulfonamides is 1. The van der Waals surface area contributed by atoms with Crippen molar-refractivity contribution in [3.05, 3.63) is 17.7 Å². The van der Waals surface area contributed by atoms with Gasteiger partial charge in [-0.15, -0.1) is 0 Å². The van der Waals surface area contributed by atoms with Crippen molar-refractivity contribution in [3.8, 4) is 5.75 Å². The van der Waals surface area contributed by atoms with Crippen molar-refractivity contribution in [2.45, 2.75) is 44.0 Å². The lowest BCUT2D eigenvalue weighted by molar-refractivity contribution is 0.268. The molecule has 1 aromatic rings. The molecular formula is C16H24N2O3S. The van der Waals surface area contributed by atoms with Crippen molar-refractivity contribution in [2.24, 2.45) is 0 Å². The van der Waals surface area contributed by atoms with Crippen molar-refractivity contribution in [2.75, 3.05) is 31.6 Å². The molecule has 1 fully saturated rings. The van der Waals surface area contributed by atoms with E-state index in [0.717, 1.165) is 37.1 Å². The van der Waals surface area contributed by atoms with Crippen LogP contribution in [0, 0.1) is 6.92 Å². The average molecular weight is 324 g/mol. The number of hydrogen-bond acceptors (Lipinski definition) is 4. The molecule has 0 radical (unpaired) electrons. The minimum atomic E-state index is -3.46. The molecular weight excluding hydrogens is 300 g/mol. The summed E-state index contributed by atoms with van der Waals surface area (Å²) in [6.45, 7) is 5.88. The molecule has 0 aromatic heterocycles. The number of hydrogen-bond donors (Lipinski definition) is 0. The van der Waals surface area contributed by atoms with Crippen LogP contribution >= 0.6 is 0 Å². The van der Waals surface area contributed by atoms with Gasteiger partial charge in [0.05, 0.1) is 17.1 Å². The number of aryl methyl sites for hydroxylation is 1. The summed E-state index contributed by atoms with van der Waals surface area (Å²) in [5.74, 6) is 0.669. The number of fused-ring (bicyclic) bond motifs is 1. The van der Waals surface area contributed by atoms with Gasteiger partial charge in [0, 0.05) is 25.7 Å². The van der Waals surface area contributed by atoms with E-state index >= 15 is 0 Å². The van der Waals surface area contributed by atoms with E-state index in [2.05, 4.69) is 4.90 Å². The lowest BCUT2D eigenvalue weighted by Crippen LogP contribution is -2.42. The first-order valence-electron chi connectivity index (χ1n) is 7.91. The van der Waals surface area contributed by atoms with Crippen LogP contribution in [0.15, 0.2) is 17.0 Å². The van der Waals surface area contributed by atoms with E-state index in [1.807, 2.05) is 27.0 Å². The third-order valence-corrected chi connectivity index (χ3v) is 6.84. The fraction of sp³-hybridized carbons (Fsp3) is 0.625. The van der Waals surface area contributed by atoms with Gasteiger partial charge in [-0.1, -0.05) is 6.42 Å². The molecule has 3 rings (SSSR count). The first-order valence-corrected chi connectivity index (χ1v) is 9.35. The van der Waals surface area contributed by atoms with E-state index in [1.165, 1.54) is 0 Å². The smallest absolute Gasteiger partial charge is 0.243 e. The van der Waals surface area contributed by atoms with E-state index in [4.69, 9.17) is 4.74 Å². The Balaban J connectivity index is 2.04. The summed E-state index contributed by atoms with van der Waals surface area (Å²) in [5.41, 5.74) is 1.75. The van der Waals surface area contributed by atoms with Crippen molar-refractivity contribution in [1.82, 2.24) is 4.31 Å². The molecule has 0 spiro atoms. The molecule has 6 heteroatoms. The Morgan fingerprint density at radius 2 is 2.00 bits per heavy atom. The molecule has 1 saturated heterocycles. The third-order valence-electron chi connectivity index (χ3n) is 4.68. The van der Waals surface area contributed by atoms with Crippen LogP contribution in [0.4, 0.5) is 5.69 Å². The summed E-state index contributed by atoms with van der Waals surface area (Å²) in [5, 5.41) is 0. The summed E-state index contributed by atoms with van der Waals surface area (Å²) in [6, 6.07) is 3.70. The maximum Gasteiger partial charge on any atom is 0.243 e. The second-order valence-electron chi connectivity index (χ2n) is 6.32. The first kappa shape index (κ1) is 15.6. The minimum Gasteiger partial charge on any atom is -0.490 e. The fourth-order valence-corrected chi connectivity index (χ4v) is 5.24. The summed E-state index contributed by atoms with van der Waals surface area (Å²) in [4.78, 5) is 2.49. The maximum absolute atomic E-state index is 13.0. The maximum atomic E-state index is 13.0. The second kappa shape index (κ2) is 5.74. The van der Waals surface area contributed by atoms with E-state index < -0.39 is 10.0 Å². The molecule has 2 heterocycles. The van der Waals surface area contributed by atoms with Crippen LogP contribution in [0.5, 0.6) is 5.75 Å². The highest BCUT2D eigenvalue weighted by molar-refractivity contribution is 7.89. The molecule has 0 N–H and O–H groups in total. The highest BCUT2D eigenvalue weighted by Gasteiger charge is 2.33. The van der Waals surface area contributed by atoms with Crippen LogP contribution in [0.25, 0.3) is 0 Å². The topological polar surface area (TPSA) is 49.9 Å². The van der Waals surface area contributed by atoms with Gasteiger partial charge in [0.1, 0.15) is 12.4 Å². The molecule has 0 unspecified atom stereocenters.